The summed E-state index contributed by atoms with van der Waals surface area (Å²) in [6, 6.07) is 0. The van der Waals surface area contributed by atoms with Crippen LogP contribution in [0.3, 0.4) is 0 Å². The summed E-state index contributed by atoms with van der Waals surface area (Å²) in [5, 5.41) is 13.2. The molecule has 0 atom stereocenters. The van der Waals surface area contributed by atoms with E-state index < -0.39 is 5.97 Å². The van der Waals surface area contributed by atoms with Gasteiger partial charge in [-0.15, -0.1) is 0 Å². The van der Waals surface area contributed by atoms with Crippen molar-refractivity contribution >= 4 is 17.7 Å². The molecule has 1 aromatic rings. The first kappa shape index (κ1) is 16.3. The van der Waals surface area contributed by atoms with E-state index in [1.54, 1.807) is 11.8 Å². The fourth-order valence-corrected chi connectivity index (χ4v) is 3.82. The highest BCUT2D eigenvalue weighted by atomic mass is 32.2. The predicted molar refractivity (Wildman–Crippen MR) is 82.2 cm³/mol. The van der Waals surface area contributed by atoms with Crippen molar-refractivity contribution in [2.75, 3.05) is 5.75 Å². The Hall–Kier alpha value is -1.04. The van der Waals surface area contributed by atoms with Gasteiger partial charge in [-0.2, -0.15) is 16.7 Å². The molecule has 0 unspecified atom stereocenters. The van der Waals surface area contributed by atoms with Crippen molar-refractivity contribution in [1.82, 2.24) is 10.1 Å². The van der Waals surface area contributed by atoms with Crippen molar-refractivity contribution in [3.8, 4) is 0 Å². The van der Waals surface area contributed by atoms with Gasteiger partial charge in [0.1, 0.15) is 0 Å². The molecule has 1 saturated carbocycles. The number of nitrogens with zero attached hydrogens (tertiary/aromatic N) is 2. The summed E-state index contributed by atoms with van der Waals surface area (Å²) in [6.45, 7) is 2.15. The lowest BCUT2D eigenvalue weighted by Gasteiger charge is -2.34. The molecule has 118 valence electrons. The third-order valence-electron chi connectivity index (χ3n) is 4.06. The van der Waals surface area contributed by atoms with Gasteiger partial charge in [0.2, 0.25) is 5.89 Å². The maximum Gasteiger partial charge on any atom is 0.303 e. The molecular weight excluding hydrogens is 288 g/mol. The van der Waals surface area contributed by atoms with Crippen molar-refractivity contribution in [1.29, 1.82) is 0 Å². The van der Waals surface area contributed by atoms with Crippen LogP contribution in [0.15, 0.2) is 4.52 Å². The number of carbonyl (C=O) groups is 1. The molecule has 5 nitrogen and oxygen atoms in total. The van der Waals surface area contributed by atoms with Crippen LogP contribution >= 0.6 is 11.8 Å². The van der Waals surface area contributed by atoms with Crippen LogP contribution in [-0.2, 0) is 17.0 Å². The molecule has 0 aromatic carbocycles. The Balaban J connectivity index is 1.98. The van der Waals surface area contributed by atoms with Crippen LogP contribution in [-0.4, -0.2) is 27.0 Å². The van der Waals surface area contributed by atoms with E-state index in [1.807, 2.05) is 0 Å². The minimum atomic E-state index is -0.727. The summed E-state index contributed by atoms with van der Waals surface area (Å²) in [6.07, 6.45) is 7.23. The molecule has 0 amide bonds. The van der Waals surface area contributed by atoms with Gasteiger partial charge in [0.15, 0.2) is 5.82 Å². The van der Waals surface area contributed by atoms with E-state index in [0.717, 1.165) is 49.4 Å². The summed E-state index contributed by atoms with van der Waals surface area (Å²) in [5.41, 5.74) is -0.190. The average molecular weight is 312 g/mol. The normalized spacial score (nSPS) is 17.8. The average Bonchev–Trinajstić information content (AvgIpc) is 2.86. The molecule has 0 radical (unpaired) electrons. The van der Waals surface area contributed by atoms with Gasteiger partial charge < -0.3 is 9.63 Å². The SMILES string of the molecule is CCCSCc1noc(CC2(CC(=O)O)CCCCC2)n1. The highest BCUT2D eigenvalue weighted by molar-refractivity contribution is 7.98. The van der Waals surface area contributed by atoms with Crippen LogP contribution in [0.25, 0.3) is 0 Å². The van der Waals surface area contributed by atoms with E-state index in [1.165, 1.54) is 6.42 Å². The molecule has 2 rings (SSSR count). The summed E-state index contributed by atoms with van der Waals surface area (Å²) in [4.78, 5) is 15.6. The zero-order valence-electron chi connectivity index (χ0n) is 12.6. The lowest BCUT2D eigenvalue weighted by Crippen LogP contribution is -2.29. The predicted octanol–water partition coefficient (Wildman–Crippen LogP) is 3.68. The highest BCUT2D eigenvalue weighted by Crippen LogP contribution is 2.41. The van der Waals surface area contributed by atoms with E-state index in [9.17, 15) is 9.90 Å². The Morgan fingerprint density at radius 2 is 2.14 bits per heavy atom. The van der Waals surface area contributed by atoms with Crippen LogP contribution < -0.4 is 0 Å². The largest absolute Gasteiger partial charge is 0.481 e. The first-order valence-corrected chi connectivity index (χ1v) is 8.90. The molecule has 1 N–H and O–H groups in total. The van der Waals surface area contributed by atoms with Gasteiger partial charge in [0.25, 0.3) is 0 Å². The Labute approximate surface area is 129 Å². The summed E-state index contributed by atoms with van der Waals surface area (Å²) < 4.78 is 5.34. The zero-order chi connectivity index (χ0) is 15.1. The Morgan fingerprint density at radius 1 is 1.38 bits per heavy atom. The third-order valence-corrected chi connectivity index (χ3v) is 5.22. The summed E-state index contributed by atoms with van der Waals surface area (Å²) in [7, 11) is 0. The first-order chi connectivity index (χ1) is 10.1. The zero-order valence-corrected chi connectivity index (χ0v) is 13.5. The lowest BCUT2D eigenvalue weighted by molar-refractivity contribution is -0.140. The van der Waals surface area contributed by atoms with Crippen LogP contribution in [0.2, 0.25) is 0 Å². The van der Waals surface area contributed by atoms with E-state index >= 15 is 0 Å². The maximum atomic E-state index is 11.2. The molecule has 0 aliphatic heterocycles. The second-order valence-corrected chi connectivity index (χ2v) is 7.07. The Bertz CT molecular complexity index is 456. The summed E-state index contributed by atoms with van der Waals surface area (Å²) >= 11 is 1.80. The molecule has 0 saturated heterocycles. The minimum Gasteiger partial charge on any atom is -0.481 e. The van der Waals surface area contributed by atoms with Gasteiger partial charge in [0.05, 0.1) is 12.2 Å². The number of hydrogen-bond donors (Lipinski definition) is 1. The lowest BCUT2D eigenvalue weighted by atomic mass is 9.69. The molecule has 0 spiro atoms. The van der Waals surface area contributed by atoms with Crippen LogP contribution in [0.1, 0.15) is 63.6 Å². The molecule has 1 aromatic heterocycles. The monoisotopic (exact) mass is 312 g/mol. The first-order valence-electron chi connectivity index (χ1n) is 7.74. The van der Waals surface area contributed by atoms with Crippen molar-refractivity contribution in [2.45, 2.75) is 64.0 Å². The van der Waals surface area contributed by atoms with Gasteiger partial charge in [-0.3, -0.25) is 4.79 Å². The van der Waals surface area contributed by atoms with E-state index in [2.05, 4.69) is 17.1 Å². The number of carboxylic acid groups (broad SMARTS) is 1. The molecule has 6 heteroatoms. The van der Waals surface area contributed by atoms with E-state index in [0.29, 0.717) is 12.3 Å². The molecule has 1 fully saturated rings. The molecule has 1 aliphatic rings. The highest BCUT2D eigenvalue weighted by Gasteiger charge is 2.36. The fraction of sp³-hybridized carbons (Fsp3) is 0.800. The van der Waals surface area contributed by atoms with Crippen LogP contribution in [0.4, 0.5) is 0 Å². The Morgan fingerprint density at radius 3 is 2.81 bits per heavy atom. The fourth-order valence-electron chi connectivity index (χ4n) is 3.09. The number of rotatable bonds is 8. The number of hydrogen-bond acceptors (Lipinski definition) is 5. The van der Waals surface area contributed by atoms with Crippen molar-refractivity contribution < 1.29 is 14.4 Å². The molecule has 0 bridgehead atoms. The van der Waals surface area contributed by atoms with Crippen molar-refractivity contribution in [3.63, 3.8) is 0 Å². The Kier molecular flexibility index (Phi) is 6.08. The van der Waals surface area contributed by atoms with E-state index in [4.69, 9.17) is 4.52 Å². The topological polar surface area (TPSA) is 76.2 Å². The molecule has 1 heterocycles. The summed E-state index contributed by atoms with van der Waals surface area (Å²) in [5.74, 6) is 2.46. The number of thioether (sulfide) groups is 1. The number of aliphatic carboxylic acids is 1. The quantitative estimate of drug-likeness (QED) is 0.738. The van der Waals surface area contributed by atoms with Gasteiger partial charge in [-0.25, -0.2) is 0 Å². The standard InChI is InChI=1S/C15H24N2O3S/c1-2-8-21-11-12-16-13(20-17-12)9-15(10-14(18)19)6-4-3-5-7-15/h2-11H2,1H3,(H,18,19). The van der Waals surface area contributed by atoms with Crippen molar-refractivity contribution in [3.05, 3.63) is 11.7 Å². The molecule has 21 heavy (non-hydrogen) atoms. The third kappa shape index (κ3) is 5.02. The van der Waals surface area contributed by atoms with Gasteiger partial charge in [0, 0.05) is 6.42 Å². The smallest absolute Gasteiger partial charge is 0.303 e. The van der Waals surface area contributed by atoms with Gasteiger partial charge in [-0.05, 0) is 30.4 Å². The second-order valence-electron chi connectivity index (χ2n) is 5.96. The maximum absolute atomic E-state index is 11.2. The van der Waals surface area contributed by atoms with Crippen LogP contribution in [0, 0.1) is 5.41 Å². The molecule has 1 aliphatic carbocycles. The molecular formula is C15H24N2O3S. The van der Waals surface area contributed by atoms with Crippen LogP contribution in [0.5, 0.6) is 0 Å². The number of carboxylic acids is 1. The number of aromatic nitrogens is 2. The van der Waals surface area contributed by atoms with E-state index in [-0.39, 0.29) is 11.8 Å². The minimum absolute atomic E-state index is 0.190. The van der Waals surface area contributed by atoms with Crippen molar-refractivity contribution in [2.24, 2.45) is 5.41 Å². The van der Waals surface area contributed by atoms with Gasteiger partial charge in [-0.1, -0.05) is 31.3 Å². The van der Waals surface area contributed by atoms with Gasteiger partial charge >= 0.3 is 5.97 Å². The second kappa shape index (κ2) is 7.82.